The predicted octanol–water partition coefficient (Wildman–Crippen LogP) is 3.26. The Morgan fingerprint density at radius 2 is 1.66 bits per heavy atom. The molecule has 0 aromatic heterocycles. The molecule has 13 heteroatoms. The van der Waals surface area contributed by atoms with Crippen LogP contribution < -0.4 is 19.1 Å². The summed E-state index contributed by atoms with van der Waals surface area (Å²) in [4.78, 5) is 13.2. The van der Waals surface area contributed by atoms with Gasteiger partial charge >= 0.3 is 0 Å². The van der Waals surface area contributed by atoms with E-state index in [1.165, 1.54) is 41.7 Å². The first-order valence-electron chi connectivity index (χ1n) is 12.9. The van der Waals surface area contributed by atoms with Crippen molar-refractivity contribution >= 4 is 37.3 Å². The van der Waals surface area contributed by atoms with Crippen LogP contribution in [0.15, 0.2) is 76.5 Å². The predicted molar refractivity (Wildman–Crippen MR) is 155 cm³/mol. The molecule has 0 spiro atoms. The zero-order valence-electron chi connectivity index (χ0n) is 23.1. The molecule has 0 radical (unpaired) electrons. The number of methoxy groups -OCH3 is 1. The van der Waals surface area contributed by atoms with Crippen molar-refractivity contribution in [1.29, 1.82) is 0 Å². The fraction of sp³-hybridized carbons (Fsp3) is 0.321. The summed E-state index contributed by atoms with van der Waals surface area (Å²) in [7, 11) is -6.79. The number of hydrogen-bond acceptors (Lipinski definition) is 8. The summed E-state index contributed by atoms with van der Waals surface area (Å²) in [6, 6.07) is 17.1. The molecule has 0 bridgehead atoms. The van der Waals surface area contributed by atoms with Crippen molar-refractivity contribution < 1.29 is 35.8 Å². The Labute approximate surface area is 240 Å². The van der Waals surface area contributed by atoms with E-state index in [0.717, 1.165) is 9.87 Å². The molecule has 0 atom stereocenters. The van der Waals surface area contributed by atoms with Crippen LogP contribution in [-0.4, -0.2) is 73.6 Å². The van der Waals surface area contributed by atoms with E-state index < -0.39 is 32.5 Å². The summed E-state index contributed by atoms with van der Waals surface area (Å²) in [5, 5.41) is 2.64. The SMILES string of the molecule is CCOc1ccccc1N(CC(=O)Nc1ccc(OC)c(S(=O)(=O)N2CCOCC2)c1)S(=O)(=O)c1ccc(C)cc1. The molecule has 1 saturated heterocycles. The summed E-state index contributed by atoms with van der Waals surface area (Å²) in [6.07, 6.45) is 0. The van der Waals surface area contributed by atoms with Gasteiger partial charge in [0.15, 0.2) is 0 Å². The molecule has 1 aliphatic rings. The minimum absolute atomic E-state index is 0.00513. The normalized spacial score (nSPS) is 14.3. The summed E-state index contributed by atoms with van der Waals surface area (Å²) in [5.41, 5.74) is 1.23. The van der Waals surface area contributed by atoms with Gasteiger partial charge in [-0.15, -0.1) is 0 Å². The summed E-state index contributed by atoms with van der Waals surface area (Å²) in [5.74, 6) is -0.280. The van der Waals surface area contributed by atoms with Crippen molar-refractivity contribution in [2.45, 2.75) is 23.6 Å². The van der Waals surface area contributed by atoms with Crippen LogP contribution in [0, 0.1) is 6.92 Å². The molecular weight excluding hydrogens is 570 g/mol. The van der Waals surface area contributed by atoms with Gasteiger partial charge in [-0.2, -0.15) is 4.31 Å². The quantitative estimate of drug-likeness (QED) is 0.353. The highest BCUT2D eigenvalue weighted by Crippen LogP contribution is 2.33. The van der Waals surface area contributed by atoms with E-state index in [4.69, 9.17) is 14.2 Å². The standard InChI is InChI=1S/C28H33N3O8S2/c1-4-39-25-8-6-5-7-24(25)31(40(33,34)23-12-9-21(2)10-13-23)20-28(32)29-22-11-14-26(37-3)27(19-22)41(35,36)30-15-17-38-18-16-30/h5-14,19H,4,15-18,20H2,1-3H3,(H,29,32). The lowest BCUT2D eigenvalue weighted by Gasteiger charge is -2.27. The van der Waals surface area contributed by atoms with Gasteiger partial charge in [0.05, 0.1) is 37.5 Å². The number of carbonyl (C=O) groups is 1. The number of nitrogens with one attached hydrogen (secondary N) is 1. The number of rotatable bonds is 11. The van der Waals surface area contributed by atoms with E-state index in [0.29, 0.717) is 5.75 Å². The molecule has 41 heavy (non-hydrogen) atoms. The van der Waals surface area contributed by atoms with Gasteiger partial charge < -0.3 is 19.5 Å². The average molecular weight is 604 g/mol. The van der Waals surface area contributed by atoms with Crippen molar-refractivity contribution in [3.05, 3.63) is 72.3 Å². The zero-order chi connectivity index (χ0) is 29.6. The number of nitrogens with zero attached hydrogens (tertiary/aromatic N) is 2. The molecule has 1 amide bonds. The highest BCUT2D eigenvalue weighted by Gasteiger charge is 2.31. The van der Waals surface area contributed by atoms with Gasteiger partial charge in [0.1, 0.15) is 22.9 Å². The van der Waals surface area contributed by atoms with E-state index in [2.05, 4.69) is 5.32 Å². The number of hydrogen-bond donors (Lipinski definition) is 1. The van der Waals surface area contributed by atoms with Crippen LogP contribution in [0.25, 0.3) is 0 Å². The van der Waals surface area contributed by atoms with Crippen molar-refractivity contribution in [2.24, 2.45) is 0 Å². The first kappa shape index (κ1) is 30.3. The van der Waals surface area contributed by atoms with Gasteiger partial charge in [0.25, 0.3) is 10.0 Å². The van der Waals surface area contributed by atoms with Crippen LogP contribution >= 0.6 is 0 Å². The molecule has 0 unspecified atom stereocenters. The number of morpholine rings is 1. The Kier molecular flexibility index (Phi) is 9.53. The molecule has 3 aromatic rings. The van der Waals surface area contributed by atoms with Crippen molar-refractivity contribution in [2.75, 3.05) is 56.2 Å². The van der Waals surface area contributed by atoms with Crippen LogP contribution in [0.3, 0.4) is 0 Å². The maximum absolute atomic E-state index is 13.8. The molecule has 3 aromatic carbocycles. The fourth-order valence-electron chi connectivity index (χ4n) is 4.29. The van der Waals surface area contributed by atoms with Gasteiger partial charge in [-0.25, -0.2) is 16.8 Å². The summed E-state index contributed by atoms with van der Waals surface area (Å²) in [6.45, 7) is 4.22. The molecule has 0 saturated carbocycles. The molecule has 11 nitrogen and oxygen atoms in total. The van der Waals surface area contributed by atoms with E-state index >= 15 is 0 Å². The van der Waals surface area contributed by atoms with E-state index in [1.807, 2.05) is 6.92 Å². The smallest absolute Gasteiger partial charge is 0.264 e. The van der Waals surface area contributed by atoms with Gasteiger partial charge in [0.2, 0.25) is 15.9 Å². The lowest BCUT2D eigenvalue weighted by atomic mass is 10.2. The van der Waals surface area contributed by atoms with E-state index in [-0.39, 0.29) is 59.8 Å². The third kappa shape index (κ3) is 6.81. The third-order valence-corrected chi connectivity index (χ3v) is 10.1. The van der Waals surface area contributed by atoms with Crippen molar-refractivity contribution in [3.8, 4) is 11.5 Å². The zero-order valence-corrected chi connectivity index (χ0v) is 24.7. The maximum atomic E-state index is 13.8. The number of amides is 1. The third-order valence-electron chi connectivity index (χ3n) is 6.37. The molecule has 220 valence electrons. The maximum Gasteiger partial charge on any atom is 0.264 e. The van der Waals surface area contributed by atoms with Crippen LogP contribution in [0.1, 0.15) is 12.5 Å². The molecule has 1 N–H and O–H groups in total. The van der Waals surface area contributed by atoms with Gasteiger partial charge in [-0.3, -0.25) is 9.10 Å². The number of sulfonamides is 2. The summed E-state index contributed by atoms with van der Waals surface area (Å²) < 4.78 is 72.8. The fourth-order valence-corrected chi connectivity index (χ4v) is 7.31. The minimum atomic E-state index is -4.20. The number of carbonyl (C=O) groups excluding carboxylic acids is 1. The van der Waals surface area contributed by atoms with E-state index in [1.54, 1.807) is 43.3 Å². The van der Waals surface area contributed by atoms with Gasteiger partial charge in [-0.05, 0) is 56.3 Å². The van der Waals surface area contributed by atoms with Gasteiger partial charge in [0, 0.05) is 18.8 Å². The Balaban J connectivity index is 1.67. The summed E-state index contributed by atoms with van der Waals surface area (Å²) >= 11 is 0. The topological polar surface area (TPSA) is 132 Å². The first-order valence-corrected chi connectivity index (χ1v) is 15.8. The molecule has 1 aliphatic heterocycles. The molecular formula is C28H33N3O8S2. The monoisotopic (exact) mass is 603 g/mol. The van der Waals surface area contributed by atoms with Crippen LogP contribution in [0.5, 0.6) is 11.5 Å². The lowest BCUT2D eigenvalue weighted by Crippen LogP contribution is -2.40. The number of anilines is 2. The van der Waals surface area contributed by atoms with Crippen molar-refractivity contribution in [1.82, 2.24) is 4.31 Å². The second-order valence-corrected chi connectivity index (χ2v) is 12.9. The Hall–Kier alpha value is -3.65. The highest BCUT2D eigenvalue weighted by atomic mass is 32.2. The number of aryl methyl sites for hydroxylation is 1. The Morgan fingerprint density at radius 3 is 2.32 bits per heavy atom. The van der Waals surface area contributed by atoms with E-state index in [9.17, 15) is 21.6 Å². The number of para-hydroxylation sites is 2. The first-order chi connectivity index (χ1) is 19.6. The number of ether oxygens (including phenoxy) is 3. The number of benzene rings is 3. The molecule has 4 rings (SSSR count). The molecule has 0 aliphatic carbocycles. The Bertz CT molecular complexity index is 1590. The molecule has 1 heterocycles. The second kappa shape index (κ2) is 12.9. The van der Waals surface area contributed by atoms with Crippen LogP contribution in [0.2, 0.25) is 0 Å². The van der Waals surface area contributed by atoms with Gasteiger partial charge in [-0.1, -0.05) is 29.8 Å². The average Bonchev–Trinajstić information content (AvgIpc) is 2.97. The second-order valence-electron chi connectivity index (χ2n) is 9.16. The lowest BCUT2D eigenvalue weighted by molar-refractivity contribution is -0.114. The highest BCUT2D eigenvalue weighted by molar-refractivity contribution is 7.93. The largest absolute Gasteiger partial charge is 0.495 e. The van der Waals surface area contributed by atoms with Crippen molar-refractivity contribution in [3.63, 3.8) is 0 Å². The Morgan fingerprint density at radius 1 is 0.976 bits per heavy atom. The van der Waals surface area contributed by atoms with Crippen LogP contribution in [-0.2, 0) is 29.6 Å². The van der Waals surface area contributed by atoms with Crippen LogP contribution in [0.4, 0.5) is 11.4 Å². The minimum Gasteiger partial charge on any atom is -0.495 e. The molecule has 1 fully saturated rings.